The van der Waals surface area contributed by atoms with Crippen molar-refractivity contribution in [1.82, 2.24) is 20.3 Å². The van der Waals surface area contributed by atoms with Crippen LogP contribution in [0.5, 0.6) is 0 Å². The third-order valence-corrected chi connectivity index (χ3v) is 11.8. The van der Waals surface area contributed by atoms with Crippen LogP contribution in [0, 0.1) is 0 Å². The lowest BCUT2D eigenvalue weighted by Crippen LogP contribution is -2.33. The highest BCUT2D eigenvalue weighted by atomic mass is 15.2. The molecule has 11 rings (SSSR count). The summed E-state index contributed by atoms with van der Waals surface area (Å²) >= 11 is 0. The zero-order valence-corrected chi connectivity index (χ0v) is 35.9. The third-order valence-electron chi connectivity index (χ3n) is 11.8. The van der Waals surface area contributed by atoms with Crippen molar-refractivity contribution in [2.45, 2.75) is 6.17 Å². The van der Waals surface area contributed by atoms with Crippen LogP contribution in [0.25, 0.3) is 78.7 Å². The summed E-state index contributed by atoms with van der Waals surface area (Å²) in [5.74, 6) is 3.31. The second kappa shape index (κ2) is 18.1. The summed E-state index contributed by atoms with van der Waals surface area (Å²) < 4.78 is 0. The van der Waals surface area contributed by atoms with Crippen molar-refractivity contribution in [3.8, 4) is 78.7 Å². The van der Waals surface area contributed by atoms with Crippen molar-refractivity contribution >= 4 is 11.7 Å². The quantitative estimate of drug-likeness (QED) is 0.149. The molecule has 6 heteroatoms. The van der Waals surface area contributed by atoms with Crippen LogP contribution >= 0.6 is 0 Å². The largest absolute Gasteiger partial charge is 0.344 e. The van der Waals surface area contributed by atoms with E-state index in [0.717, 1.165) is 72.6 Å². The van der Waals surface area contributed by atoms with Crippen LogP contribution in [-0.4, -0.2) is 26.6 Å². The van der Waals surface area contributed by atoms with E-state index in [1.54, 1.807) is 0 Å². The summed E-state index contributed by atoms with van der Waals surface area (Å²) in [6.45, 7) is 0. The Hall–Kier alpha value is -8.87. The van der Waals surface area contributed by atoms with Gasteiger partial charge in [-0.3, -0.25) is 0 Å². The van der Waals surface area contributed by atoms with E-state index >= 15 is 0 Å². The summed E-state index contributed by atoms with van der Waals surface area (Å²) in [7, 11) is 0. The smallest absolute Gasteiger partial charge is 0.164 e. The number of nitrogens with zero attached hydrogens (tertiary/aromatic N) is 5. The topological polar surface area (TPSA) is 75.4 Å². The number of hydrogen-bond donors (Lipinski definition) is 1. The van der Waals surface area contributed by atoms with E-state index < -0.39 is 0 Å². The first-order valence-corrected chi connectivity index (χ1v) is 22.1. The van der Waals surface area contributed by atoms with Gasteiger partial charge in [0.25, 0.3) is 0 Å². The fraction of sp³-hybridized carbons (Fsp3) is 0.0167. The van der Waals surface area contributed by atoms with Gasteiger partial charge in [-0.2, -0.15) is 0 Å². The van der Waals surface area contributed by atoms with Crippen LogP contribution < -0.4 is 5.32 Å². The highest BCUT2D eigenvalue weighted by Gasteiger charge is 2.21. The Morgan fingerprint density at radius 1 is 0.273 bits per heavy atom. The summed E-state index contributed by atoms with van der Waals surface area (Å²) in [5, 5.41) is 3.62. The Morgan fingerprint density at radius 3 is 1.06 bits per heavy atom. The third kappa shape index (κ3) is 8.59. The van der Waals surface area contributed by atoms with Crippen LogP contribution in [0.3, 0.4) is 0 Å². The predicted octanol–water partition coefficient (Wildman–Crippen LogP) is 14.0. The summed E-state index contributed by atoms with van der Waals surface area (Å²) in [4.78, 5) is 25.4. The SMILES string of the molecule is c1ccc(C2=NC(c3ccccc3)NC(c3cccc(-c4cccc(-c5cccc(-c6nc(-c7ccccc7)nc(-c7cccc(-c8cccc(-c9ccccc9)c8)c7)n6)c5)c4)c3)=N2)cc1. The molecule has 9 aromatic carbocycles. The Morgan fingerprint density at radius 2 is 0.591 bits per heavy atom. The molecular weight excluding hydrogens is 805 g/mol. The van der Waals surface area contributed by atoms with E-state index in [1.165, 1.54) is 11.1 Å². The highest BCUT2D eigenvalue weighted by molar-refractivity contribution is 6.13. The molecule has 0 spiro atoms. The lowest BCUT2D eigenvalue weighted by atomic mass is 9.96. The molecule has 1 atom stereocenters. The van der Waals surface area contributed by atoms with Gasteiger partial charge in [0.2, 0.25) is 0 Å². The summed E-state index contributed by atoms with van der Waals surface area (Å²) in [6.07, 6.45) is -0.273. The molecule has 66 heavy (non-hydrogen) atoms. The van der Waals surface area contributed by atoms with Gasteiger partial charge in [0.05, 0.1) is 0 Å². The molecule has 0 bridgehead atoms. The van der Waals surface area contributed by atoms with Crippen molar-refractivity contribution in [2.24, 2.45) is 9.98 Å². The Bertz CT molecular complexity index is 3390. The normalized spacial score (nSPS) is 13.3. The summed E-state index contributed by atoms with van der Waals surface area (Å²) in [6, 6.07) is 83.8. The number of aliphatic imine (C=N–C) groups is 2. The molecule has 1 aromatic heterocycles. The minimum absolute atomic E-state index is 0.273. The maximum atomic E-state index is 5.15. The zero-order valence-electron chi connectivity index (χ0n) is 35.9. The molecular formula is C60H42N6. The first-order valence-electron chi connectivity index (χ1n) is 22.1. The minimum atomic E-state index is -0.273. The van der Waals surface area contributed by atoms with Crippen LogP contribution in [-0.2, 0) is 0 Å². The number of amidine groups is 2. The van der Waals surface area contributed by atoms with E-state index in [4.69, 9.17) is 24.9 Å². The molecule has 0 fully saturated rings. The number of benzene rings is 9. The zero-order chi connectivity index (χ0) is 44.1. The Labute approximate surface area is 384 Å². The molecule has 0 amide bonds. The Kier molecular flexibility index (Phi) is 10.9. The van der Waals surface area contributed by atoms with Gasteiger partial charge in [-0.25, -0.2) is 24.9 Å². The first-order chi connectivity index (χ1) is 32.7. The average Bonchev–Trinajstić information content (AvgIpc) is 3.42. The van der Waals surface area contributed by atoms with Gasteiger partial charge in [-0.1, -0.05) is 212 Å². The van der Waals surface area contributed by atoms with Crippen LogP contribution in [0.2, 0.25) is 0 Å². The van der Waals surface area contributed by atoms with Gasteiger partial charge in [-0.15, -0.1) is 0 Å². The molecule has 10 aromatic rings. The molecule has 0 radical (unpaired) electrons. The maximum Gasteiger partial charge on any atom is 0.164 e. The highest BCUT2D eigenvalue weighted by Crippen LogP contribution is 2.33. The number of rotatable bonds is 10. The maximum absolute atomic E-state index is 5.15. The second-order valence-electron chi connectivity index (χ2n) is 16.2. The number of hydrogen-bond acceptors (Lipinski definition) is 6. The van der Waals surface area contributed by atoms with Gasteiger partial charge >= 0.3 is 0 Å². The second-order valence-corrected chi connectivity index (χ2v) is 16.2. The standard InChI is InChI=1S/C60H42N6/c1-5-18-41(19-6-1)45-26-13-27-46(36-45)49-30-15-34-53(38-49)59-64-57(44-24-11-4-12-25-44)65-60(66-59)54-35-17-32-51(40-54)48-29-14-28-47(37-48)50-31-16-33-52(39-50)58-62-55(42-20-7-2-8-21-42)61-56(63-58)43-22-9-3-10-23-43/h1-40,55H,(H,61,62,63). The molecule has 6 nitrogen and oxygen atoms in total. The molecule has 1 unspecified atom stereocenters. The Balaban J connectivity index is 0.922. The fourth-order valence-electron chi connectivity index (χ4n) is 8.38. The van der Waals surface area contributed by atoms with Gasteiger partial charge < -0.3 is 5.32 Å². The molecule has 2 heterocycles. The predicted molar refractivity (Wildman–Crippen MR) is 270 cm³/mol. The molecule has 1 aliphatic rings. The van der Waals surface area contributed by atoms with E-state index in [2.05, 4.69) is 175 Å². The van der Waals surface area contributed by atoms with Gasteiger partial charge in [-0.05, 0) is 80.4 Å². The number of aromatic nitrogens is 3. The molecule has 312 valence electrons. The van der Waals surface area contributed by atoms with Crippen molar-refractivity contribution in [3.05, 3.63) is 259 Å². The lowest BCUT2D eigenvalue weighted by molar-refractivity contribution is 0.674. The van der Waals surface area contributed by atoms with E-state index in [0.29, 0.717) is 23.3 Å². The van der Waals surface area contributed by atoms with Gasteiger partial charge in [0, 0.05) is 27.8 Å². The molecule has 0 saturated heterocycles. The van der Waals surface area contributed by atoms with E-state index in [9.17, 15) is 0 Å². The van der Waals surface area contributed by atoms with Crippen molar-refractivity contribution < 1.29 is 0 Å². The summed E-state index contributed by atoms with van der Waals surface area (Å²) in [5.41, 5.74) is 14.7. The molecule has 1 aliphatic heterocycles. The van der Waals surface area contributed by atoms with Crippen molar-refractivity contribution in [2.75, 3.05) is 0 Å². The van der Waals surface area contributed by atoms with Crippen LogP contribution in [0.15, 0.2) is 253 Å². The van der Waals surface area contributed by atoms with Crippen LogP contribution in [0.4, 0.5) is 0 Å². The van der Waals surface area contributed by atoms with E-state index in [-0.39, 0.29) is 6.17 Å². The van der Waals surface area contributed by atoms with Crippen LogP contribution in [0.1, 0.15) is 22.9 Å². The molecule has 0 saturated carbocycles. The monoisotopic (exact) mass is 846 g/mol. The van der Waals surface area contributed by atoms with E-state index in [1.807, 2.05) is 72.8 Å². The first kappa shape index (κ1) is 39.9. The number of nitrogens with one attached hydrogen (secondary N) is 1. The molecule has 0 aliphatic carbocycles. The fourth-order valence-corrected chi connectivity index (χ4v) is 8.38. The van der Waals surface area contributed by atoms with Gasteiger partial charge in [0.1, 0.15) is 12.0 Å². The minimum Gasteiger partial charge on any atom is -0.344 e. The average molecular weight is 847 g/mol. The van der Waals surface area contributed by atoms with Crippen molar-refractivity contribution in [1.29, 1.82) is 0 Å². The molecule has 1 N–H and O–H groups in total. The lowest BCUT2D eigenvalue weighted by Gasteiger charge is -2.24. The van der Waals surface area contributed by atoms with Crippen molar-refractivity contribution in [3.63, 3.8) is 0 Å². The van der Waals surface area contributed by atoms with Gasteiger partial charge in [0.15, 0.2) is 23.3 Å².